The average molecular weight is 493 g/mol. The van der Waals surface area contributed by atoms with Gasteiger partial charge in [0.15, 0.2) is 0 Å². The maximum atomic E-state index is 13.0. The number of nitrogens with zero attached hydrogens (tertiary/aromatic N) is 5. The number of rotatable bonds is 6. The molecule has 1 fully saturated rings. The van der Waals surface area contributed by atoms with Gasteiger partial charge in [-0.15, -0.1) is 4.40 Å². The minimum Gasteiger partial charge on any atom is -0.367 e. The fourth-order valence-corrected chi connectivity index (χ4v) is 5.40. The van der Waals surface area contributed by atoms with E-state index >= 15 is 0 Å². The molecule has 1 aromatic heterocycles. The summed E-state index contributed by atoms with van der Waals surface area (Å²) in [5, 5.41) is 3.04. The van der Waals surface area contributed by atoms with Crippen LogP contribution in [0.3, 0.4) is 0 Å². The molecular weight excluding hydrogens is 464 g/mol. The smallest absolute Gasteiger partial charge is 0.257 e. The van der Waals surface area contributed by atoms with E-state index in [1.54, 1.807) is 23.3 Å². The first-order valence-corrected chi connectivity index (χ1v) is 13.3. The lowest BCUT2D eigenvalue weighted by molar-refractivity contribution is -0.112. The second-order valence-corrected chi connectivity index (χ2v) is 10.5. The number of nitrogens with one attached hydrogen (secondary N) is 1. The van der Waals surface area contributed by atoms with Gasteiger partial charge in [-0.3, -0.25) is 14.7 Å². The van der Waals surface area contributed by atoms with Gasteiger partial charge >= 0.3 is 0 Å². The minimum atomic E-state index is -3.43. The summed E-state index contributed by atoms with van der Waals surface area (Å²) in [5.74, 6) is 0.0415. The number of hydrogen-bond donors (Lipinski definition) is 1. The second kappa shape index (κ2) is 10.0. The predicted molar refractivity (Wildman–Crippen MR) is 137 cm³/mol. The van der Waals surface area contributed by atoms with Crippen LogP contribution in [0.4, 0.5) is 11.4 Å². The Kier molecular flexibility index (Phi) is 6.65. The van der Waals surface area contributed by atoms with Crippen molar-refractivity contribution in [2.45, 2.75) is 6.42 Å². The zero-order valence-corrected chi connectivity index (χ0v) is 20.2. The molecular formula is C25H28N6O3S. The number of fused-ring (bicyclic) bond motifs is 1. The Hall–Kier alpha value is -3.50. The minimum absolute atomic E-state index is 0.0624. The zero-order chi connectivity index (χ0) is 24.3. The molecule has 5 rings (SSSR count). The van der Waals surface area contributed by atoms with Crippen molar-refractivity contribution >= 4 is 33.1 Å². The number of hydrogen-bond acceptors (Lipinski definition) is 7. The van der Waals surface area contributed by atoms with Gasteiger partial charge in [-0.05, 0) is 48.4 Å². The van der Waals surface area contributed by atoms with E-state index in [1.165, 1.54) is 5.56 Å². The molecule has 9 nitrogen and oxygen atoms in total. The van der Waals surface area contributed by atoms with E-state index in [4.69, 9.17) is 0 Å². The van der Waals surface area contributed by atoms with Crippen LogP contribution in [0.5, 0.6) is 0 Å². The van der Waals surface area contributed by atoms with Crippen LogP contribution in [-0.4, -0.2) is 80.0 Å². The standard InChI is InChI=1S/C25H28N6O3S/c32-25(21-5-6-24-28-35(33,34)18-17-31(24)19-21)27-22-3-1-2-4-23(22)30-15-13-29(14-16-30)12-9-20-7-10-26-11-8-20/h1-8,10-11,19H,9,12-18H2,(H,27,32). The largest absolute Gasteiger partial charge is 0.367 e. The third kappa shape index (κ3) is 5.60. The van der Waals surface area contributed by atoms with Gasteiger partial charge in [0.05, 0.1) is 22.7 Å². The summed E-state index contributed by atoms with van der Waals surface area (Å²) < 4.78 is 27.2. The van der Waals surface area contributed by atoms with E-state index in [0.29, 0.717) is 11.4 Å². The number of carbonyl (C=O) groups excluding carboxylic acids is 1. The van der Waals surface area contributed by atoms with Crippen LogP contribution < -0.4 is 10.2 Å². The van der Waals surface area contributed by atoms with Crippen LogP contribution in [0.1, 0.15) is 5.56 Å². The zero-order valence-electron chi connectivity index (χ0n) is 19.4. The van der Waals surface area contributed by atoms with Crippen LogP contribution in [-0.2, 0) is 21.2 Å². The van der Waals surface area contributed by atoms with E-state index in [0.717, 1.165) is 50.5 Å². The lowest BCUT2D eigenvalue weighted by atomic mass is 10.1. The maximum absolute atomic E-state index is 13.0. The molecule has 3 aliphatic heterocycles. The van der Waals surface area contributed by atoms with Crippen molar-refractivity contribution in [1.82, 2.24) is 14.8 Å². The van der Waals surface area contributed by atoms with E-state index < -0.39 is 10.0 Å². The van der Waals surface area contributed by atoms with Gasteiger partial charge in [0.25, 0.3) is 15.9 Å². The van der Waals surface area contributed by atoms with Crippen molar-refractivity contribution in [3.05, 3.63) is 78.3 Å². The van der Waals surface area contributed by atoms with Crippen LogP contribution in [0.2, 0.25) is 0 Å². The monoisotopic (exact) mass is 492 g/mol. The molecule has 0 aliphatic carbocycles. The van der Waals surface area contributed by atoms with Crippen molar-refractivity contribution in [3.63, 3.8) is 0 Å². The highest BCUT2D eigenvalue weighted by molar-refractivity contribution is 7.90. The topological polar surface area (TPSA) is 98.2 Å². The maximum Gasteiger partial charge on any atom is 0.257 e. The number of pyridine rings is 1. The predicted octanol–water partition coefficient (Wildman–Crippen LogP) is 1.88. The Morgan fingerprint density at radius 2 is 1.74 bits per heavy atom. The average Bonchev–Trinajstić information content (AvgIpc) is 2.88. The van der Waals surface area contributed by atoms with Gasteiger partial charge in [-0.25, -0.2) is 8.42 Å². The van der Waals surface area contributed by atoms with Crippen LogP contribution in [0, 0.1) is 0 Å². The van der Waals surface area contributed by atoms with Gasteiger partial charge < -0.3 is 15.1 Å². The molecule has 35 heavy (non-hydrogen) atoms. The third-order valence-corrected chi connectivity index (χ3v) is 7.58. The molecule has 1 N–H and O–H groups in total. The van der Waals surface area contributed by atoms with Crippen LogP contribution in [0.25, 0.3) is 0 Å². The molecule has 1 amide bonds. The third-order valence-electron chi connectivity index (χ3n) is 6.42. The van der Waals surface area contributed by atoms with E-state index in [1.807, 2.05) is 36.7 Å². The molecule has 0 spiro atoms. The Morgan fingerprint density at radius 1 is 0.971 bits per heavy atom. The summed E-state index contributed by atoms with van der Waals surface area (Å²) in [6.45, 7) is 4.98. The van der Waals surface area contributed by atoms with Crippen molar-refractivity contribution in [2.24, 2.45) is 4.40 Å². The van der Waals surface area contributed by atoms with E-state index in [9.17, 15) is 13.2 Å². The summed E-state index contributed by atoms with van der Waals surface area (Å²) in [5.41, 5.74) is 3.52. The number of sulfonamides is 1. The molecule has 0 unspecified atom stereocenters. The Balaban J connectivity index is 1.20. The van der Waals surface area contributed by atoms with Gasteiger partial charge in [0, 0.05) is 57.9 Å². The highest BCUT2D eigenvalue weighted by atomic mass is 32.2. The first-order valence-electron chi connectivity index (χ1n) is 11.7. The quantitative estimate of drug-likeness (QED) is 0.658. The number of amidine groups is 1. The molecule has 0 bridgehead atoms. The number of piperazine rings is 1. The first kappa shape index (κ1) is 23.3. The molecule has 4 heterocycles. The van der Waals surface area contributed by atoms with Crippen molar-refractivity contribution in [2.75, 3.05) is 55.2 Å². The summed E-state index contributed by atoms with van der Waals surface area (Å²) in [4.78, 5) is 23.6. The van der Waals surface area contributed by atoms with Gasteiger partial charge in [0.2, 0.25) is 0 Å². The molecule has 0 atom stereocenters. The number of anilines is 2. The lowest BCUT2D eigenvalue weighted by Gasteiger charge is -2.37. The number of carbonyl (C=O) groups is 1. The highest BCUT2D eigenvalue weighted by Crippen LogP contribution is 2.28. The summed E-state index contributed by atoms with van der Waals surface area (Å²) in [7, 11) is -3.43. The van der Waals surface area contributed by atoms with Gasteiger partial charge in [-0.2, -0.15) is 0 Å². The number of aromatic nitrogens is 1. The molecule has 1 saturated heterocycles. The Bertz CT molecular complexity index is 1280. The van der Waals surface area contributed by atoms with Crippen LogP contribution >= 0.6 is 0 Å². The van der Waals surface area contributed by atoms with Gasteiger partial charge in [0.1, 0.15) is 5.84 Å². The molecule has 0 saturated carbocycles. The number of benzene rings is 1. The van der Waals surface area contributed by atoms with E-state index in [-0.39, 0.29) is 18.2 Å². The molecule has 3 aliphatic rings. The first-order chi connectivity index (χ1) is 17.0. The van der Waals surface area contributed by atoms with Crippen molar-refractivity contribution in [1.29, 1.82) is 0 Å². The SMILES string of the molecule is O=C(Nc1ccccc1N1CCN(CCc2ccncc2)CC1)C1=CN2CCS(=O)(=O)N=C2C=C1. The molecule has 10 heteroatoms. The highest BCUT2D eigenvalue weighted by Gasteiger charge is 2.26. The fourth-order valence-electron chi connectivity index (χ4n) is 4.43. The fraction of sp³-hybridized carbons (Fsp3) is 0.320. The summed E-state index contributed by atoms with van der Waals surface area (Å²) in [6, 6.07) is 12.0. The Morgan fingerprint density at radius 3 is 2.54 bits per heavy atom. The molecule has 1 aromatic carbocycles. The normalized spacial score (nSPS) is 19.5. The summed E-state index contributed by atoms with van der Waals surface area (Å²) in [6.07, 6.45) is 9.51. The lowest BCUT2D eigenvalue weighted by Crippen LogP contribution is -2.47. The Labute approximate surface area is 205 Å². The van der Waals surface area contributed by atoms with Gasteiger partial charge in [-0.1, -0.05) is 12.1 Å². The molecule has 182 valence electrons. The number of amides is 1. The number of para-hydroxylation sites is 2. The van der Waals surface area contributed by atoms with Crippen molar-refractivity contribution < 1.29 is 13.2 Å². The molecule has 2 aromatic rings. The van der Waals surface area contributed by atoms with Crippen LogP contribution in [0.15, 0.2) is 77.1 Å². The summed E-state index contributed by atoms with van der Waals surface area (Å²) >= 11 is 0. The van der Waals surface area contributed by atoms with Crippen molar-refractivity contribution in [3.8, 4) is 0 Å². The molecule has 0 radical (unpaired) electrons. The second-order valence-electron chi connectivity index (χ2n) is 8.75. The van der Waals surface area contributed by atoms with E-state index in [2.05, 4.69) is 36.6 Å².